The first-order valence-corrected chi connectivity index (χ1v) is 6.01. The molecule has 0 aromatic carbocycles. The van der Waals surface area contributed by atoms with Crippen LogP contribution in [-0.2, 0) is 9.53 Å². The van der Waals surface area contributed by atoms with Crippen molar-refractivity contribution in [3.8, 4) is 0 Å². The highest BCUT2D eigenvalue weighted by molar-refractivity contribution is 5.69. The molecule has 2 bridgehead atoms. The lowest BCUT2D eigenvalue weighted by atomic mass is 9.78. The van der Waals surface area contributed by atoms with Crippen molar-refractivity contribution in [1.82, 2.24) is 0 Å². The van der Waals surface area contributed by atoms with Crippen LogP contribution in [0.4, 0.5) is 0 Å². The van der Waals surface area contributed by atoms with Crippen LogP contribution in [-0.4, -0.2) is 13.1 Å². The third-order valence-electron chi connectivity index (χ3n) is 4.05. The van der Waals surface area contributed by atoms with Crippen LogP contribution in [0.1, 0.15) is 32.6 Å². The highest BCUT2D eigenvalue weighted by Crippen LogP contribution is 2.51. The molecule has 2 aliphatic carbocycles. The predicted octanol–water partition coefficient (Wildman–Crippen LogP) is 2.79. The number of hydrogen-bond acceptors (Lipinski definition) is 2. The lowest BCUT2D eigenvalue weighted by molar-refractivity contribution is -0.142. The SMILES string of the molecule is CCCC1C2C=CC(C2)C1CC(=O)OC. The van der Waals surface area contributed by atoms with Crippen LogP contribution in [0.25, 0.3) is 0 Å². The van der Waals surface area contributed by atoms with E-state index in [2.05, 4.69) is 19.1 Å². The zero-order chi connectivity index (χ0) is 10.8. The minimum atomic E-state index is -0.0398. The number of esters is 1. The van der Waals surface area contributed by atoms with E-state index in [4.69, 9.17) is 4.74 Å². The maximum absolute atomic E-state index is 11.3. The van der Waals surface area contributed by atoms with Gasteiger partial charge in [-0.3, -0.25) is 4.79 Å². The lowest BCUT2D eigenvalue weighted by Gasteiger charge is -2.26. The van der Waals surface area contributed by atoms with Crippen molar-refractivity contribution in [2.75, 3.05) is 7.11 Å². The molecule has 0 aromatic heterocycles. The van der Waals surface area contributed by atoms with E-state index in [0.29, 0.717) is 18.3 Å². The highest BCUT2D eigenvalue weighted by Gasteiger charge is 2.44. The second-order valence-corrected chi connectivity index (χ2v) is 4.84. The van der Waals surface area contributed by atoms with Crippen LogP contribution in [0.5, 0.6) is 0 Å². The first-order valence-electron chi connectivity index (χ1n) is 6.01. The average molecular weight is 208 g/mol. The summed E-state index contributed by atoms with van der Waals surface area (Å²) in [4.78, 5) is 11.3. The van der Waals surface area contributed by atoms with Crippen LogP contribution in [0.3, 0.4) is 0 Å². The van der Waals surface area contributed by atoms with Crippen molar-refractivity contribution in [3.63, 3.8) is 0 Å². The minimum Gasteiger partial charge on any atom is -0.469 e. The predicted molar refractivity (Wildman–Crippen MR) is 59.3 cm³/mol. The van der Waals surface area contributed by atoms with Gasteiger partial charge in [0.05, 0.1) is 7.11 Å². The van der Waals surface area contributed by atoms with Crippen molar-refractivity contribution in [2.24, 2.45) is 23.7 Å². The molecule has 0 aromatic rings. The molecule has 2 rings (SSSR count). The van der Waals surface area contributed by atoms with Crippen molar-refractivity contribution in [2.45, 2.75) is 32.6 Å². The molecule has 1 fully saturated rings. The number of ether oxygens (including phenoxy) is 1. The first kappa shape index (κ1) is 10.7. The van der Waals surface area contributed by atoms with Gasteiger partial charge in [0.2, 0.25) is 0 Å². The largest absolute Gasteiger partial charge is 0.469 e. The molecule has 15 heavy (non-hydrogen) atoms. The Morgan fingerprint density at radius 3 is 2.60 bits per heavy atom. The Balaban J connectivity index is 2.02. The van der Waals surface area contributed by atoms with Crippen LogP contribution in [0.15, 0.2) is 12.2 Å². The molecule has 0 aliphatic heterocycles. The Morgan fingerprint density at radius 2 is 2.00 bits per heavy atom. The van der Waals surface area contributed by atoms with E-state index in [1.54, 1.807) is 0 Å². The van der Waals surface area contributed by atoms with Crippen molar-refractivity contribution in [3.05, 3.63) is 12.2 Å². The fraction of sp³-hybridized carbons (Fsp3) is 0.769. The van der Waals surface area contributed by atoms with Gasteiger partial charge in [-0.2, -0.15) is 0 Å². The summed E-state index contributed by atoms with van der Waals surface area (Å²) in [6.07, 6.45) is 9.04. The molecule has 0 spiro atoms. The van der Waals surface area contributed by atoms with E-state index in [9.17, 15) is 4.79 Å². The highest BCUT2D eigenvalue weighted by atomic mass is 16.5. The standard InChI is InChI=1S/C13H20O2/c1-3-4-11-9-5-6-10(7-9)12(11)8-13(14)15-2/h5-6,9-12H,3-4,7-8H2,1-2H3. The van der Waals surface area contributed by atoms with Gasteiger partial charge < -0.3 is 4.74 Å². The fourth-order valence-corrected chi connectivity index (χ4v) is 3.37. The van der Waals surface area contributed by atoms with Crippen LogP contribution >= 0.6 is 0 Å². The van der Waals surface area contributed by atoms with Gasteiger partial charge in [0, 0.05) is 6.42 Å². The molecule has 84 valence electrons. The van der Waals surface area contributed by atoms with Crippen LogP contribution < -0.4 is 0 Å². The summed E-state index contributed by atoms with van der Waals surface area (Å²) < 4.78 is 4.78. The van der Waals surface area contributed by atoms with Crippen LogP contribution in [0.2, 0.25) is 0 Å². The van der Waals surface area contributed by atoms with Crippen LogP contribution in [0, 0.1) is 23.7 Å². The Labute approximate surface area is 91.7 Å². The van der Waals surface area contributed by atoms with Gasteiger partial charge >= 0.3 is 5.97 Å². The molecule has 0 amide bonds. The van der Waals surface area contributed by atoms with Crippen molar-refractivity contribution < 1.29 is 9.53 Å². The molecule has 2 nitrogen and oxygen atoms in total. The van der Waals surface area contributed by atoms with E-state index < -0.39 is 0 Å². The zero-order valence-electron chi connectivity index (χ0n) is 9.61. The fourth-order valence-electron chi connectivity index (χ4n) is 3.37. The maximum Gasteiger partial charge on any atom is 0.305 e. The summed E-state index contributed by atoms with van der Waals surface area (Å²) in [5.74, 6) is 2.62. The number of carbonyl (C=O) groups excluding carboxylic acids is 1. The number of hydrogen-bond donors (Lipinski definition) is 0. The molecule has 2 aliphatic rings. The molecule has 1 saturated carbocycles. The minimum absolute atomic E-state index is 0.0398. The molecule has 2 heteroatoms. The second kappa shape index (κ2) is 4.38. The summed E-state index contributed by atoms with van der Waals surface area (Å²) in [6.45, 7) is 2.23. The van der Waals surface area contributed by atoms with E-state index >= 15 is 0 Å². The molecule has 0 saturated heterocycles. The first-order chi connectivity index (χ1) is 7.26. The quantitative estimate of drug-likeness (QED) is 0.524. The van der Waals surface area contributed by atoms with E-state index in [1.807, 2.05) is 0 Å². The second-order valence-electron chi connectivity index (χ2n) is 4.84. The average Bonchev–Trinajstić information content (AvgIpc) is 2.81. The number of allylic oxidation sites excluding steroid dienone is 2. The van der Waals surface area contributed by atoms with Gasteiger partial charge in [-0.1, -0.05) is 25.5 Å². The Morgan fingerprint density at radius 1 is 1.33 bits per heavy atom. The van der Waals surface area contributed by atoms with Crippen molar-refractivity contribution in [1.29, 1.82) is 0 Å². The van der Waals surface area contributed by atoms with Gasteiger partial charge in [-0.15, -0.1) is 0 Å². The van der Waals surface area contributed by atoms with Gasteiger partial charge in [0.25, 0.3) is 0 Å². The molecule has 0 heterocycles. The van der Waals surface area contributed by atoms with Gasteiger partial charge in [0.1, 0.15) is 0 Å². The lowest BCUT2D eigenvalue weighted by Crippen LogP contribution is -2.23. The Bertz CT molecular complexity index is 270. The summed E-state index contributed by atoms with van der Waals surface area (Å²) >= 11 is 0. The maximum atomic E-state index is 11.3. The summed E-state index contributed by atoms with van der Waals surface area (Å²) in [5, 5.41) is 0. The van der Waals surface area contributed by atoms with Gasteiger partial charge in [-0.25, -0.2) is 0 Å². The van der Waals surface area contributed by atoms with Gasteiger partial charge in [0.15, 0.2) is 0 Å². The Kier molecular flexibility index (Phi) is 3.13. The number of fused-ring (bicyclic) bond motifs is 2. The molecule has 4 unspecified atom stereocenters. The van der Waals surface area contributed by atoms with E-state index in [1.165, 1.54) is 26.4 Å². The Hall–Kier alpha value is -0.790. The summed E-state index contributed by atoms with van der Waals surface area (Å²) in [5.41, 5.74) is 0. The smallest absolute Gasteiger partial charge is 0.305 e. The number of methoxy groups -OCH3 is 1. The molecule has 0 radical (unpaired) electrons. The molecular formula is C13H20O2. The molecule has 4 atom stereocenters. The third kappa shape index (κ3) is 1.95. The van der Waals surface area contributed by atoms with E-state index in [-0.39, 0.29) is 5.97 Å². The van der Waals surface area contributed by atoms with Gasteiger partial charge in [-0.05, 0) is 36.5 Å². The zero-order valence-corrected chi connectivity index (χ0v) is 9.61. The topological polar surface area (TPSA) is 26.3 Å². The molecule has 0 N–H and O–H groups in total. The normalized spacial score (nSPS) is 37.2. The summed E-state index contributed by atoms with van der Waals surface area (Å²) in [6, 6.07) is 0. The summed E-state index contributed by atoms with van der Waals surface area (Å²) in [7, 11) is 1.49. The third-order valence-corrected chi connectivity index (χ3v) is 4.05. The number of rotatable bonds is 4. The van der Waals surface area contributed by atoms with Crippen molar-refractivity contribution >= 4 is 5.97 Å². The molecular weight excluding hydrogens is 188 g/mol. The number of carbonyl (C=O) groups is 1. The van der Waals surface area contributed by atoms with E-state index in [0.717, 1.165) is 11.8 Å². The monoisotopic (exact) mass is 208 g/mol.